The summed E-state index contributed by atoms with van der Waals surface area (Å²) < 4.78 is 5.25. The lowest BCUT2D eigenvalue weighted by Gasteiger charge is -2.23. The monoisotopic (exact) mass is 377 g/mol. The Morgan fingerprint density at radius 3 is 2.04 bits per heavy atom. The Kier molecular flexibility index (Phi) is 8.78. The number of carbonyl (C=O) groups is 3. The van der Waals surface area contributed by atoms with Crippen LogP contribution in [0.25, 0.3) is 0 Å². The van der Waals surface area contributed by atoms with Crippen molar-refractivity contribution in [1.29, 1.82) is 0 Å². The van der Waals surface area contributed by atoms with Gasteiger partial charge in [-0.25, -0.2) is 4.79 Å². The molecule has 0 aromatic heterocycles. The highest BCUT2D eigenvalue weighted by Gasteiger charge is 2.24. The van der Waals surface area contributed by atoms with Crippen molar-refractivity contribution in [2.75, 3.05) is 13.1 Å². The molecule has 0 saturated carbocycles. The van der Waals surface area contributed by atoms with Gasteiger partial charge in [0.2, 0.25) is 11.8 Å². The number of nitrogens with one attached hydrogen (secondary N) is 3. The van der Waals surface area contributed by atoms with Crippen LogP contribution in [0.4, 0.5) is 4.79 Å². The van der Waals surface area contributed by atoms with Gasteiger partial charge in [-0.3, -0.25) is 9.59 Å². The molecular formula is C20H31N3O4. The number of alkyl carbamates (subject to hydrolysis) is 1. The molecular weight excluding hydrogens is 346 g/mol. The van der Waals surface area contributed by atoms with Crippen LogP contribution in [-0.4, -0.2) is 42.6 Å². The summed E-state index contributed by atoms with van der Waals surface area (Å²) in [5, 5.41) is 8.10. The lowest BCUT2D eigenvalue weighted by atomic mass is 10.1. The second-order valence-electron chi connectivity index (χ2n) is 7.63. The molecule has 27 heavy (non-hydrogen) atoms. The molecule has 0 heterocycles. The largest absolute Gasteiger partial charge is 0.444 e. The fraction of sp³-hybridized carbons (Fsp3) is 0.550. The molecule has 3 amide bonds. The number of amides is 3. The molecule has 1 aromatic carbocycles. The van der Waals surface area contributed by atoms with E-state index in [4.69, 9.17) is 4.74 Å². The third kappa shape index (κ3) is 9.63. The van der Waals surface area contributed by atoms with Gasteiger partial charge in [0, 0.05) is 25.4 Å². The standard InChI is InChI=1S/C20H31N3O4/c1-14(2)17(24)21-11-12-22-18(25)16(13-15-9-7-6-8-10-15)23-19(26)27-20(3,4)5/h6-10,14,16H,11-13H2,1-5H3,(H,21,24)(H,22,25)(H,23,26). The maximum atomic E-state index is 12.5. The maximum absolute atomic E-state index is 12.5. The number of hydrogen-bond acceptors (Lipinski definition) is 4. The second kappa shape index (κ2) is 10.5. The van der Waals surface area contributed by atoms with Gasteiger partial charge in [0.05, 0.1) is 0 Å². The smallest absolute Gasteiger partial charge is 0.408 e. The Hall–Kier alpha value is -2.57. The molecule has 150 valence electrons. The first-order valence-electron chi connectivity index (χ1n) is 9.17. The molecule has 0 aliphatic rings. The van der Waals surface area contributed by atoms with E-state index in [1.54, 1.807) is 34.6 Å². The lowest BCUT2D eigenvalue weighted by molar-refractivity contribution is -0.125. The van der Waals surface area contributed by atoms with Crippen LogP contribution < -0.4 is 16.0 Å². The van der Waals surface area contributed by atoms with Gasteiger partial charge in [-0.1, -0.05) is 44.2 Å². The zero-order valence-electron chi connectivity index (χ0n) is 16.8. The van der Waals surface area contributed by atoms with Crippen molar-refractivity contribution in [2.24, 2.45) is 5.92 Å². The van der Waals surface area contributed by atoms with Crippen molar-refractivity contribution in [3.05, 3.63) is 35.9 Å². The fourth-order valence-electron chi connectivity index (χ4n) is 2.21. The van der Waals surface area contributed by atoms with Gasteiger partial charge in [-0.05, 0) is 26.3 Å². The molecule has 0 saturated heterocycles. The van der Waals surface area contributed by atoms with Crippen molar-refractivity contribution in [3.63, 3.8) is 0 Å². The minimum atomic E-state index is -0.775. The van der Waals surface area contributed by atoms with E-state index in [0.717, 1.165) is 5.56 Å². The molecule has 0 spiro atoms. The molecule has 1 rings (SSSR count). The van der Waals surface area contributed by atoms with Crippen molar-refractivity contribution in [1.82, 2.24) is 16.0 Å². The van der Waals surface area contributed by atoms with Crippen LogP contribution in [-0.2, 0) is 20.7 Å². The average molecular weight is 377 g/mol. The van der Waals surface area contributed by atoms with E-state index in [9.17, 15) is 14.4 Å². The Balaban J connectivity index is 2.64. The minimum absolute atomic E-state index is 0.0723. The highest BCUT2D eigenvalue weighted by molar-refractivity contribution is 5.86. The summed E-state index contributed by atoms with van der Waals surface area (Å²) in [5.74, 6) is -0.513. The summed E-state index contributed by atoms with van der Waals surface area (Å²) in [7, 11) is 0. The molecule has 0 fully saturated rings. The third-order valence-corrected chi connectivity index (χ3v) is 3.54. The molecule has 0 aliphatic carbocycles. The Morgan fingerprint density at radius 1 is 0.963 bits per heavy atom. The van der Waals surface area contributed by atoms with Gasteiger partial charge < -0.3 is 20.7 Å². The molecule has 1 unspecified atom stereocenters. The molecule has 3 N–H and O–H groups in total. The van der Waals surface area contributed by atoms with Gasteiger partial charge in [-0.2, -0.15) is 0 Å². The Morgan fingerprint density at radius 2 is 1.52 bits per heavy atom. The summed E-state index contributed by atoms with van der Waals surface area (Å²) in [5.41, 5.74) is 0.265. The van der Waals surface area contributed by atoms with Gasteiger partial charge in [0.25, 0.3) is 0 Å². The van der Waals surface area contributed by atoms with E-state index in [1.165, 1.54) is 0 Å². The van der Waals surface area contributed by atoms with Crippen molar-refractivity contribution < 1.29 is 19.1 Å². The summed E-state index contributed by atoms with van der Waals surface area (Å²) in [4.78, 5) is 36.2. The zero-order chi connectivity index (χ0) is 20.4. The number of benzene rings is 1. The van der Waals surface area contributed by atoms with Gasteiger partial charge in [0.1, 0.15) is 11.6 Å². The first-order chi connectivity index (χ1) is 12.6. The van der Waals surface area contributed by atoms with Crippen LogP contribution in [0.5, 0.6) is 0 Å². The van der Waals surface area contributed by atoms with E-state index < -0.39 is 17.7 Å². The molecule has 1 atom stereocenters. The SMILES string of the molecule is CC(C)C(=O)NCCNC(=O)C(Cc1ccccc1)NC(=O)OC(C)(C)C. The topological polar surface area (TPSA) is 96.5 Å². The first-order valence-corrected chi connectivity index (χ1v) is 9.17. The predicted molar refractivity (Wildman–Crippen MR) is 104 cm³/mol. The summed E-state index contributed by atoms with van der Waals surface area (Å²) in [6.45, 7) is 9.48. The van der Waals surface area contributed by atoms with Crippen molar-refractivity contribution in [2.45, 2.75) is 52.7 Å². The van der Waals surface area contributed by atoms with E-state index in [1.807, 2.05) is 30.3 Å². The summed E-state index contributed by atoms with van der Waals surface area (Å²) >= 11 is 0. The predicted octanol–water partition coefficient (Wildman–Crippen LogP) is 2.01. The van der Waals surface area contributed by atoms with Crippen molar-refractivity contribution in [3.8, 4) is 0 Å². The fourth-order valence-corrected chi connectivity index (χ4v) is 2.21. The molecule has 0 aliphatic heterocycles. The summed E-state index contributed by atoms with van der Waals surface area (Å²) in [6.07, 6.45) is -0.309. The highest BCUT2D eigenvalue weighted by Crippen LogP contribution is 2.08. The van der Waals surface area contributed by atoms with Gasteiger partial charge >= 0.3 is 6.09 Å². The van der Waals surface area contributed by atoms with Crippen LogP contribution >= 0.6 is 0 Å². The maximum Gasteiger partial charge on any atom is 0.408 e. The van der Waals surface area contributed by atoms with E-state index in [-0.39, 0.29) is 24.3 Å². The zero-order valence-corrected chi connectivity index (χ0v) is 16.8. The van der Waals surface area contributed by atoms with E-state index in [2.05, 4.69) is 16.0 Å². The molecule has 7 nitrogen and oxygen atoms in total. The number of hydrogen-bond donors (Lipinski definition) is 3. The van der Waals surface area contributed by atoms with Gasteiger partial charge in [0.15, 0.2) is 0 Å². The van der Waals surface area contributed by atoms with Crippen LogP contribution in [0.15, 0.2) is 30.3 Å². The minimum Gasteiger partial charge on any atom is -0.444 e. The highest BCUT2D eigenvalue weighted by atomic mass is 16.6. The second-order valence-corrected chi connectivity index (χ2v) is 7.63. The molecule has 0 radical (unpaired) electrons. The molecule has 0 bridgehead atoms. The van der Waals surface area contributed by atoms with Gasteiger partial charge in [-0.15, -0.1) is 0 Å². The number of ether oxygens (including phenoxy) is 1. The number of rotatable bonds is 8. The quantitative estimate of drug-likeness (QED) is 0.604. The van der Waals surface area contributed by atoms with Crippen LogP contribution in [0.1, 0.15) is 40.2 Å². The number of carbonyl (C=O) groups excluding carboxylic acids is 3. The summed E-state index contributed by atoms with van der Waals surface area (Å²) in [6, 6.07) is 8.64. The van der Waals surface area contributed by atoms with E-state index in [0.29, 0.717) is 13.0 Å². The Labute approximate surface area is 161 Å². The lowest BCUT2D eigenvalue weighted by Crippen LogP contribution is -2.50. The van der Waals surface area contributed by atoms with Crippen LogP contribution in [0.2, 0.25) is 0 Å². The normalized spacial score (nSPS) is 12.2. The van der Waals surface area contributed by atoms with Crippen LogP contribution in [0.3, 0.4) is 0 Å². The van der Waals surface area contributed by atoms with E-state index >= 15 is 0 Å². The third-order valence-electron chi connectivity index (χ3n) is 3.54. The molecule has 7 heteroatoms. The molecule has 1 aromatic rings. The Bertz CT molecular complexity index is 624. The van der Waals surface area contributed by atoms with Crippen LogP contribution in [0, 0.1) is 5.92 Å². The average Bonchev–Trinajstić information content (AvgIpc) is 2.56. The first kappa shape index (κ1) is 22.5. The van der Waals surface area contributed by atoms with Crippen molar-refractivity contribution >= 4 is 17.9 Å².